The molecule has 0 atom stereocenters. The second-order valence-corrected chi connectivity index (χ2v) is 1.25. The molecule has 0 aromatic rings. The van der Waals surface area contributed by atoms with Crippen molar-refractivity contribution in [3.05, 3.63) is 0 Å². The molecule has 1 heteroatoms. The highest BCUT2D eigenvalue weighted by atomic mass is 31.0. The Morgan fingerprint density at radius 1 is 1.75 bits per heavy atom. The molecule has 26 valence electrons. The lowest BCUT2D eigenvalue weighted by Crippen LogP contribution is -1.54. The maximum atomic E-state index is 3.29. The zero-order valence-electron chi connectivity index (χ0n) is 2.91. The van der Waals surface area contributed by atoms with Crippen LogP contribution in [-0.2, 0) is 0 Å². The summed E-state index contributed by atoms with van der Waals surface area (Å²) < 4.78 is 0. The molecule has 4 heavy (non-hydrogen) atoms. The normalized spacial score (nSPS) is 7.50. The average Bonchev–Trinajstić information content (AvgIpc) is 1.37. The van der Waals surface area contributed by atoms with Gasteiger partial charge >= 0.3 is 0 Å². The fourth-order valence-corrected chi connectivity index (χ4v) is 0. The molecule has 0 aliphatic carbocycles. The maximum Gasteiger partial charge on any atom is -0.0677 e. The molecule has 0 nitrogen and oxygen atoms in total. The van der Waals surface area contributed by atoms with Crippen LogP contribution in [0.25, 0.3) is 0 Å². The Labute approximate surface area is 29.8 Å². The Morgan fingerprint density at radius 3 is 2.00 bits per heavy atom. The van der Waals surface area contributed by atoms with Gasteiger partial charge in [-0.15, -0.1) is 0 Å². The average molecular weight is 75.1 g/mol. The van der Waals surface area contributed by atoms with E-state index in [-0.39, 0.29) is 0 Å². The topological polar surface area (TPSA) is 0 Å². The molecular formula is C3H8P-. The quantitative estimate of drug-likeness (QED) is 0.415. The van der Waals surface area contributed by atoms with Gasteiger partial charge in [-0.05, 0) is 0 Å². The third kappa shape index (κ3) is 2.43. The van der Waals surface area contributed by atoms with E-state index in [1.807, 2.05) is 0 Å². The van der Waals surface area contributed by atoms with Gasteiger partial charge in [-0.1, -0.05) is 13.3 Å². The SMILES string of the molecule is CCC[PH-]. The molecule has 0 aromatic carbocycles. The highest BCUT2D eigenvalue weighted by molar-refractivity contribution is 7.16. The minimum Gasteiger partial charge on any atom is -0.558 e. The van der Waals surface area contributed by atoms with Gasteiger partial charge in [0.15, 0.2) is 0 Å². The standard InChI is InChI=1S/C3H8P/c1-2-3-4/h4H,2-3H2,1H3/q-1. The van der Waals surface area contributed by atoms with E-state index in [1.165, 1.54) is 6.42 Å². The number of rotatable bonds is 1. The first-order valence-corrected chi connectivity index (χ1v) is 2.27. The predicted molar refractivity (Wildman–Crippen MR) is 23.5 cm³/mol. The first-order valence-electron chi connectivity index (χ1n) is 1.56. The highest BCUT2D eigenvalue weighted by Gasteiger charge is 1.45. The van der Waals surface area contributed by atoms with Gasteiger partial charge < -0.3 is 9.24 Å². The molecule has 0 spiro atoms. The van der Waals surface area contributed by atoms with Gasteiger partial charge in [-0.25, -0.2) is 0 Å². The van der Waals surface area contributed by atoms with Crippen molar-refractivity contribution in [3.63, 3.8) is 0 Å². The van der Waals surface area contributed by atoms with E-state index in [9.17, 15) is 0 Å². The molecule has 0 rings (SSSR count). The van der Waals surface area contributed by atoms with Crippen LogP contribution in [0.1, 0.15) is 13.3 Å². The van der Waals surface area contributed by atoms with Crippen molar-refractivity contribution in [2.45, 2.75) is 13.3 Å². The number of hydrogen-bond donors (Lipinski definition) is 0. The smallest absolute Gasteiger partial charge is 0.0677 e. The summed E-state index contributed by atoms with van der Waals surface area (Å²) in [7, 11) is 3.29. The van der Waals surface area contributed by atoms with Gasteiger partial charge in [-0.2, -0.15) is 6.16 Å². The van der Waals surface area contributed by atoms with Crippen molar-refractivity contribution < 1.29 is 0 Å². The summed E-state index contributed by atoms with van der Waals surface area (Å²) in [5.41, 5.74) is 0. The molecular weight excluding hydrogens is 67.0 g/mol. The van der Waals surface area contributed by atoms with Crippen LogP contribution in [0.15, 0.2) is 0 Å². The maximum absolute atomic E-state index is 3.29. The summed E-state index contributed by atoms with van der Waals surface area (Å²) in [5.74, 6) is 0. The van der Waals surface area contributed by atoms with Gasteiger partial charge in [0.1, 0.15) is 0 Å². The van der Waals surface area contributed by atoms with Gasteiger partial charge in [0.05, 0.1) is 0 Å². The lowest BCUT2D eigenvalue weighted by Gasteiger charge is -1.83. The molecule has 0 heterocycles. The van der Waals surface area contributed by atoms with E-state index in [1.54, 1.807) is 0 Å². The molecule has 0 saturated carbocycles. The van der Waals surface area contributed by atoms with E-state index in [4.69, 9.17) is 0 Å². The molecule has 0 aromatic heterocycles. The minimum atomic E-state index is 1.12. The van der Waals surface area contributed by atoms with Crippen LogP contribution < -0.4 is 0 Å². The fraction of sp³-hybridized carbons (Fsp3) is 1.00. The van der Waals surface area contributed by atoms with E-state index >= 15 is 0 Å². The van der Waals surface area contributed by atoms with E-state index in [0.717, 1.165) is 6.16 Å². The zero-order valence-corrected chi connectivity index (χ0v) is 3.91. The number of hydrogen-bond acceptors (Lipinski definition) is 0. The van der Waals surface area contributed by atoms with Gasteiger partial charge in [-0.3, -0.25) is 0 Å². The molecule has 0 amide bonds. The first-order chi connectivity index (χ1) is 1.91. The Balaban J connectivity index is 1.97. The van der Waals surface area contributed by atoms with Gasteiger partial charge in [0, 0.05) is 0 Å². The summed E-state index contributed by atoms with van der Waals surface area (Å²) in [6.45, 7) is 2.13. The van der Waals surface area contributed by atoms with Gasteiger partial charge in [0.2, 0.25) is 0 Å². The molecule has 0 bridgehead atoms. The summed E-state index contributed by atoms with van der Waals surface area (Å²) in [4.78, 5) is 0. The first kappa shape index (κ1) is 4.43. The second-order valence-electron chi connectivity index (χ2n) is 0.750. The largest absolute Gasteiger partial charge is 0.558 e. The predicted octanol–water partition coefficient (Wildman–Crippen LogP) is 1.54. The molecule has 0 N–H and O–H groups in total. The van der Waals surface area contributed by atoms with Crippen LogP contribution in [0.3, 0.4) is 0 Å². The van der Waals surface area contributed by atoms with E-state index < -0.39 is 0 Å². The summed E-state index contributed by atoms with van der Waals surface area (Å²) in [6.07, 6.45) is 2.36. The fourth-order valence-electron chi connectivity index (χ4n) is 0. The Bertz CT molecular complexity index is 5.25. The van der Waals surface area contributed by atoms with Crippen molar-refractivity contribution in [2.24, 2.45) is 0 Å². The van der Waals surface area contributed by atoms with Crippen LogP contribution >= 0.6 is 9.24 Å². The summed E-state index contributed by atoms with van der Waals surface area (Å²) in [5, 5.41) is 0. The summed E-state index contributed by atoms with van der Waals surface area (Å²) in [6, 6.07) is 0. The lowest BCUT2D eigenvalue weighted by atomic mass is 10.6. The highest BCUT2D eigenvalue weighted by Crippen LogP contribution is 1.80. The Kier molecular flexibility index (Phi) is 3.80. The Hall–Kier alpha value is 0.430. The van der Waals surface area contributed by atoms with Crippen molar-refractivity contribution in [2.75, 3.05) is 6.16 Å². The van der Waals surface area contributed by atoms with Crippen LogP contribution in [0.2, 0.25) is 0 Å². The molecule has 0 unspecified atom stereocenters. The van der Waals surface area contributed by atoms with Crippen molar-refractivity contribution in [1.29, 1.82) is 0 Å². The van der Waals surface area contributed by atoms with Crippen LogP contribution in [0, 0.1) is 0 Å². The Morgan fingerprint density at radius 2 is 2.00 bits per heavy atom. The van der Waals surface area contributed by atoms with Crippen molar-refractivity contribution in [3.8, 4) is 0 Å². The monoisotopic (exact) mass is 75.0 g/mol. The minimum absolute atomic E-state index is 1.12. The van der Waals surface area contributed by atoms with E-state index in [2.05, 4.69) is 16.2 Å². The van der Waals surface area contributed by atoms with Crippen LogP contribution in [-0.4, -0.2) is 6.16 Å². The second kappa shape index (κ2) is 3.43. The zero-order chi connectivity index (χ0) is 3.41. The lowest BCUT2D eigenvalue weighted by molar-refractivity contribution is 1.11. The molecule has 0 saturated heterocycles. The van der Waals surface area contributed by atoms with Crippen molar-refractivity contribution >= 4 is 9.24 Å². The summed E-state index contributed by atoms with van der Waals surface area (Å²) >= 11 is 0. The molecule has 0 radical (unpaired) electrons. The molecule has 0 aliphatic rings. The molecule has 0 aliphatic heterocycles. The third-order valence-electron chi connectivity index (χ3n) is 0.250. The van der Waals surface area contributed by atoms with Crippen molar-refractivity contribution in [1.82, 2.24) is 0 Å². The van der Waals surface area contributed by atoms with E-state index in [0.29, 0.717) is 0 Å². The molecule has 0 fully saturated rings. The van der Waals surface area contributed by atoms with Crippen LogP contribution in [0.4, 0.5) is 0 Å². The van der Waals surface area contributed by atoms with Crippen LogP contribution in [0.5, 0.6) is 0 Å². The van der Waals surface area contributed by atoms with Gasteiger partial charge in [0.25, 0.3) is 0 Å². The third-order valence-corrected chi connectivity index (χ3v) is 0.750.